The van der Waals surface area contributed by atoms with Crippen LogP contribution >= 0.6 is 0 Å². The summed E-state index contributed by atoms with van der Waals surface area (Å²) in [7, 11) is -3.66. The predicted octanol–water partition coefficient (Wildman–Crippen LogP) is 3.00. The Morgan fingerprint density at radius 2 is 1.44 bits per heavy atom. The van der Waals surface area contributed by atoms with Crippen molar-refractivity contribution in [2.45, 2.75) is 51.2 Å². The van der Waals surface area contributed by atoms with E-state index < -0.39 is 14.6 Å². The van der Waals surface area contributed by atoms with E-state index in [9.17, 15) is 8.42 Å². The lowest BCUT2D eigenvalue weighted by molar-refractivity contribution is 0.572. The fourth-order valence-corrected chi connectivity index (χ4v) is 3.66. The molecule has 1 aromatic rings. The molecule has 0 amide bonds. The largest absolute Gasteiger partial charge is 0.222 e. The molecule has 1 rings (SSSR count). The van der Waals surface area contributed by atoms with Crippen molar-refractivity contribution in [2.24, 2.45) is 0 Å². The standard InChI is InChI=1S/C14H19NO2S/c1-9-7-10(2)12(4)13(11(9)3)18(16,17)14(5,6)8-15/h7H,1-6H3. The third-order valence-electron chi connectivity index (χ3n) is 3.51. The highest BCUT2D eigenvalue weighted by Crippen LogP contribution is 2.32. The van der Waals surface area contributed by atoms with Gasteiger partial charge in [-0.25, -0.2) is 8.42 Å². The second-order valence-corrected chi connectivity index (χ2v) is 7.65. The monoisotopic (exact) mass is 265 g/mol. The molecule has 0 aliphatic carbocycles. The first kappa shape index (κ1) is 14.7. The van der Waals surface area contributed by atoms with Gasteiger partial charge in [0.05, 0.1) is 11.0 Å². The molecule has 4 heteroatoms. The van der Waals surface area contributed by atoms with Crippen LogP contribution in [0.1, 0.15) is 36.1 Å². The summed E-state index contributed by atoms with van der Waals surface area (Å²) in [6.45, 7) is 10.3. The van der Waals surface area contributed by atoms with Gasteiger partial charge < -0.3 is 0 Å². The van der Waals surface area contributed by atoms with Crippen LogP contribution in [-0.4, -0.2) is 13.2 Å². The Bertz CT molecular complexity index is 608. The van der Waals surface area contributed by atoms with Crippen molar-refractivity contribution in [3.8, 4) is 6.07 Å². The first-order valence-corrected chi connectivity index (χ1v) is 7.28. The molecule has 0 aliphatic heterocycles. The highest BCUT2D eigenvalue weighted by atomic mass is 32.2. The Hall–Kier alpha value is -1.34. The van der Waals surface area contributed by atoms with Gasteiger partial charge in [0.2, 0.25) is 0 Å². The second-order valence-electron chi connectivity index (χ2n) is 5.22. The van der Waals surface area contributed by atoms with Crippen molar-refractivity contribution >= 4 is 9.84 Å². The van der Waals surface area contributed by atoms with Gasteiger partial charge in [0.25, 0.3) is 0 Å². The molecule has 18 heavy (non-hydrogen) atoms. The predicted molar refractivity (Wildman–Crippen MR) is 72.3 cm³/mol. The summed E-state index contributed by atoms with van der Waals surface area (Å²) in [5.41, 5.74) is 3.35. The molecule has 1 aromatic carbocycles. The van der Waals surface area contributed by atoms with E-state index in [1.807, 2.05) is 26.0 Å². The van der Waals surface area contributed by atoms with Crippen molar-refractivity contribution in [3.63, 3.8) is 0 Å². The van der Waals surface area contributed by atoms with Crippen LogP contribution in [0.25, 0.3) is 0 Å². The lowest BCUT2D eigenvalue weighted by atomic mass is 10.0. The number of sulfone groups is 1. The molecule has 3 nitrogen and oxygen atoms in total. The quantitative estimate of drug-likeness (QED) is 0.826. The molecule has 0 saturated heterocycles. The highest BCUT2D eigenvalue weighted by Gasteiger charge is 2.38. The van der Waals surface area contributed by atoms with E-state index in [-0.39, 0.29) is 0 Å². The maximum atomic E-state index is 12.6. The van der Waals surface area contributed by atoms with Gasteiger partial charge in [-0.1, -0.05) is 6.07 Å². The highest BCUT2D eigenvalue weighted by molar-refractivity contribution is 7.93. The van der Waals surface area contributed by atoms with Gasteiger partial charge in [-0.3, -0.25) is 0 Å². The summed E-state index contributed by atoms with van der Waals surface area (Å²) < 4.78 is 23.8. The van der Waals surface area contributed by atoms with Crippen molar-refractivity contribution in [1.29, 1.82) is 5.26 Å². The molecule has 0 fully saturated rings. The summed E-state index contributed by atoms with van der Waals surface area (Å²) in [4.78, 5) is 0.312. The van der Waals surface area contributed by atoms with Gasteiger partial charge in [0.1, 0.15) is 0 Å². The van der Waals surface area contributed by atoms with Crippen LogP contribution in [0.3, 0.4) is 0 Å². The van der Waals surface area contributed by atoms with Gasteiger partial charge in [0, 0.05) is 0 Å². The van der Waals surface area contributed by atoms with Crippen molar-refractivity contribution in [1.82, 2.24) is 0 Å². The second kappa shape index (κ2) is 4.40. The Kier molecular flexibility index (Phi) is 3.60. The maximum absolute atomic E-state index is 12.6. The Morgan fingerprint density at radius 3 is 1.78 bits per heavy atom. The number of rotatable bonds is 2. The molecule has 0 heterocycles. The smallest absolute Gasteiger partial charge is 0.197 e. The summed E-state index contributed by atoms with van der Waals surface area (Å²) >= 11 is 0. The molecule has 0 aromatic heterocycles. The zero-order valence-electron chi connectivity index (χ0n) is 11.7. The number of nitriles is 1. The van der Waals surface area contributed by atoms with Crippen LogP contribution in [0.4, 0.5) is 0 Å². The molecule has 0 aliphatic rings. The molecule has 0 atom stereocenters. The summed E-state index contributed by atoms with van der Waals surface area (Å²) in [5, 5.41) is 9.08. The van der Waals surface area contributed by atoms with Crippen LogP contribution in [-0.2, 0) is 9.84 Å². The fraction of sp³-hybridized carbons (Fsp3) is 0.500. The van der Waals surface area contributed by atoms with E-state index in [1.54, 1.807) is 13.8 Å². The van der Waals surface area contributed by atoms with E-state index in [1.165, 1.54) is 13.8 Å². The molecule has 0 N–H and O–H groups in total. The van der Waals surface area contributed by atoms with Gasteiger partial charge >= 0.3 is 0 Å². The molecule has 0 bridgehead atoms. The number of benzene rings is 1. The SMILES string of the molecule is Cc1cc(C)c(C)c(S(=O)(=O)C(C)(C)C#N)c1C. The summed E-state index contributed by atoms with van der Waals surface area (Å²) in [6, 6.07) is 3.86. The maximum Gasteiger partial charge on any atom is 0.197 e. The average Bonchev–Trinajstić information content (AvgIpc) is 2.26. The summed E-state index contributed by atoms with van der Waals surface area (Å²) in [5.74, 6) is 0. The van der Waals surface area contributed by atoms with Crippen LogP contribution in [0.5, 0.6) is 0 Å². The third kappa shape index (κ3) is 2.04. The van der Waals surface area contributed by atoms with Gasteiger partial charge in [-0.2, -0.15) is 5.26 Å². The Balaban J connectivity index is 3.79. The van der Waals surface area contributed by atoms with Crippen molar-refractivity contribution in [2.75, 3.05) is 0 Å². The Morgan fingerprint density at radius 1 is 1.06 bits per heavy atom. The van der Waals surface area contributed by atoms with Crippen LogP contribution in [0, 0.1) is 39.0 Å². The fourth-order valence-electron chi connectivity index (χ4n) is 1.90. The number of aryl methyl sites for hydroxylation is 2. The third-order valence-corrected chi connectivity index (χ3v) is 6.09. The van der Waals surface area contributed by atoms with E-state index in [0.717, 1.165) is 22.3 Å². The molecule has 0 unspecified atom stereocenters. The Labute approximate surface area is 109 Å². The number of nitrogens with zero attached hydrogens (tertiary/aromatic N) is 1. The van der Waals surface area contributed by atoms with E-state index >= 15 is 0 Å². The van der Waals surface area contributed by atoms with Gasteiger partial charge in [-0.05, 0) is 63.8 Å². The first-order valence-electron chi connectivity index (χ1n) is 5.79. The van der Waals surface area contributed by atoms with E-state index in [4.69, 9.17) is 5.26 Å². The zero-order valence-corrected chi connectivity index (χ0v) is 12.6. The lowest BCUT2D eigenvalue weighted by Gasteiger charge is -2.22. The normalized spacial score (nSPS) is 12.3. The molecule has 98 valence electrons. The van der Waals surface area contributed by atoms with Gasteiger partial charge in [0.15, 0.2) is 14.6 Å². The van der Waals surface area contributed by atoms with Gasteiger partial charge in [-0.15, -0.1) is 0 Å². The van der Waals surface area contributed by atoms with Crippen molar-refractivity contribution in [3.05, 3.63) is 28.3 Å². The van der Waals surface area contributed by atoms with E-state index in [2.05, 4.69) is 0 Å². The summed E-state index contributed by atoms with van der Waals surface area (Å²) in [6.07, 6.45) is 0. The molecule has 0 spiro atoms. The molecular weight excluding hydrogens is 246 g/mol. The molecule has 0 saturated carbocycles. The zero-order chi connectivity index (χ0) is 14.3. The first-order chi connectivity index (χ1) is 8.06. The number of hydrogen-bond acceptors (Lipinski definition) is 3. The minimum Gasteiger partial charge on any atom is -0.222 e. The minimum absolute atomic E-state index is 0.312. The van der Waals surface area contributed by atoms with Crippen LogP contribution in [0.2, 0.25) is 0 Å². The number of hydrogen-bond donors (Lipinski definition) is 0. The van der Waals surface area contributed by atoms with Crippen molar-refractivity contribution < 1.29 is 8.42 Å². The average molecular weight is 265 g/mol. The minimum atomic E-state index is -3.66. The topological polar surface area (TPSA) is 57.9 Å². The lowest BCUT2D eigenvalue weighted by Crippen LogP contribution is -2.31. The van der Waals surface area contributed by atoms with Crippen LogP contribution in [0.15, 0.2) is 11.0 Å². The van der Waals surface area contributed by atoms with E-state index in [0.29, 0.717) is 4.90 Å². The molecule has 0 radical (unpaired) electrons. The van der Waals surface area contributed by atoms with Crippen LogP contribution < -0.4 is 0 Å². The molecular formula is C14H19NO2S.